The van der Waals surface area contributed by atoms with E-state index >= 15 is 0 Å². The van der Waals surface area contributed by atoms with Crippen LogP contribution < -0.4 is 20.1 Å². The van der Waals surface area contributed by atoms with Gasteiger partial charge in [0, 0.05) is 24.8 Å². The lowest BCUT2D eigenvalue weighted by atomic mass is 10.1. The quantitative estimate of drug-likeness (QED) is 0.179. The molecule has 0 radical (unpaired) electrons. The number of carbonyl (C=O) groups is 2. The molecule has 0 bridgehead atoms. The fraction of sp³-hybridized carbons (Fsp3) is 0.130. The summed E-state index contributed by atoms with van der Waals surface area (Å²) in [6.07, 6.45) is 0. The van der Waals surface area contributed by atoms with Crippen molar-refractivity contribution in [3.63, 3.8) is 0 Å². The van der Waals surface area contributed by atoms with Gasteiger partial charge in [-0.1, -0.05) is 12.1 Å². The van der Waals surface area contributed by atoms with Crippen LogP contribution in [0.1, 0.15) is 17.3 Å². The average molecular weight is 515 g/mol. The van der Waals surface area contributed by atoms with Crippen LogP contribution in [0, 0.1) is 10.1 Å². The summed E-state index contributed by atoms with van der Waals surface area (Å²) in [5, 5.41) is 17.5. The zero-order chi connectivity index (χ0) is 26.3. The van der Waals surface area contributed by atoms with Crippen LogP contribution in [0.3, 0.4) is 0 Å². The van der Waals surface area contributed by atoms with Crippen molar-refractivity contribution >= 4 is 39.0 Å². The molecule has 3 aromatic rings. The molecule has 36 heavy (non-hydrogen) atoms. The van der Waals surface area contributed by atoms with Gasteiger partial charge in [-0.05, 0) is 60.7 Å². The van der Waals surface area contributed by atoms with E-state index in [1.807, 2.05) is 0 Å². The van der Waals surface area contributed by atoms with E-state index in [1.54, 1.807) is 35.2 Å². The van der Waals surface area contributed by atoms with Crippen LogP contribution >= 0.6 is 0 Å². The number of nitrogens with two attached hydrogens (primary N) is 1. The number of carbonyl (C=O) groups excluding carboxylic acids is 2. The number of amides is 1. The Balaban J connectivity index is 1.92. The van der Waals surface area contributed by atoms with Crippen molar-refractivity contribution in [3.05, 3.63) is 88.5 Å². The molecule has 12 nitrogen and oxygen atoms in total. The van der Waals surface area contributed by atoms with Gasteiger partial charge >= 0.3 is 5.97 Å². The first kappa shape index (κ1) is 26.1. The van der Waals surface area contributed by atoms with E-state index in [1.165, 1.54) is 49.4 Å². The van der Waals surface area contributed by atoms with Crippen molar-refractivity contribution in [3.8, 4) is 5.75 Å². The standard InChI is InChI=1S/C23H22N4O8S/c1-16(28)25-17-6-10-19(11-7-17)35-23(29)21-4-2-3-5-22(21)26(14-15-34-27(30)31)18-8-12-20(13-9-18)36(24,32)33/h2-13H,14-15H2,1H3,(H,25,28)(H2,24,32,33). The number of rotatable bonds is 10. The molecule has 0 saturated heterocycles. The third-order valence-corrected chi connectivity index (χ3v) is 5.72. The van der Waals surface area contributed by atoms with Crippen molar-refractivity contribution in [1.82, 2.24) is 0 Å². The maximum Gasteiger partial charge on any atom is 0.345 e. The third kappa shape index (κ3) is 7.01. The minimum absolute atomic E-state index is 0.0502. The first-order chi connectivity index (χ1) is 17.0. The zero-order valence-electron chi connectivity index (χ0n) is 19.0. The fourth-order valence-electron chi connectivity index (χ4n) is 3.26. The monoisotopic (exact) mass is 514 g/mol. The average Bonchev–Trinajstić information content (AvgIpc) is 2.82. The second-order valence-electron chi connectivity index (χ2n) is 7.36. The lowest BCUT2D eigenvalue weighted by molar-refractivity contribution is -0.757. The molecule has 0 aliphatic heterocycles. The smallest absolute Gasteiger partial charge is 0.345 e. The maximum atomic E-state index is 13.0. The first-order valence-electron chi connectivity index (χ1n) is 10.4. The van der Waals surface area contributed by atoms with Crippen LogP contribution in [0.5, 0.6) is 5.75 Å². The summed E-state index contributed by atoms with van der Waals surface area (Å²) >= 11 is 0. The highest BCUT2D eigenvalue weighted by atomic mass is 32.2. The van der Waals surface area contributed by atoms with E-state index in [9.17, 15) is 28.1 Å². The number of nitrogens with zero attached hydrogens (tertiary/aromatic N) is 2. The summed E-state index contributed by atoms with van der Waals surface area (Å²) in [4.78, 5) is 40.8. The molecule has 13 heteroatoms. The predicted octanol–water partition coefficient (Wildman–Crippen LogP) is 2.86. The highest BCUT2D eigenvalue weighted by Gasteiger charge is 2.20. The summed E-state index contributed by atoms with van der Waals surface area (Å²) in [5.74, 6) is -0.726. The number of anilines is 3. The van der Waals surface area contributed by atoms with E-state index in [-0.39, 0.29) is 35.3 Å². The summed E-state index contributed by atoms with van der Waals surface area (Å²) in [7, 11) is -3.93. The van der Waals surface area contributed by atoms with Crippen molar-refractivity contribution in [2.75, 3.05) is 23.4 Å². The van der Waals surface area contributed by atoms with Crippen LogP contribution in [0.2, 0.25) is 0 Å². The van der Waals surface area contributed by atoms with Crippen LogP contribution in [0.25, 0.3) is 0 Å². The Kier molecular flexibility index (Phi) is 8.19. The topological polar surface area (TPSA) is 171 Å². The third-order valence-electron chi connectivity index (χ3n) is 4.79. The minimum atomic E-state index is -3.93. The normalized spacial score (nSPS) is 10.8. The lowest BCUT2D eigenvalue weighted by Gasteiger charge is -2.26. The van der Waals surface area contributed by atoms with E-state index in [2.05, 4.69) is 10.2 Å². The van der Waals surface area contributed by atoms with Crippen LogP contribution in [-0.2, 0) is 19.7 Å². The summed E-state index contributed by atoms with van der Waals surface area (Å²) in [6.45, 7) is 0.985. The van der Waals surface area contributed by atoms with E-state index in [4.69, 9.17) is 9.88 Å². The van der Waals surface area contributed by atoms with Crippen molar-refractivity contribution < 1.29 is 32.7 Å². The SMILES string of the molecule is CC(=O)Nc1ccc(OC(=O)c2ccccc2N(CCO[N+](=O)[O-])c2ccc(S(N)(=O)=O)cc2)cc1. The van der Waals surface area contributed by atoms with Gasteiger partial charge in [0.05, 0.1) is 16.1 Å². The Morgan fingerprint density at radius 3 is 2.25 bits per heavy atom. The van der Waals surface area contributed by atoms with Crippen LogP contribution in [-0.4, -0.2) is 38.5 Å². The Morgan fingerprint density at radius 1 is 1.03 bits per heavy atom. The Labute approximate surface area is 206 Å². The molecular formula is C23H22N4O8S. The second-order valence-corrected chi connectivity index (χ2v) is 8.92. The molecule has 0 aromatic heterocycles. The van der Waals surface area contributed by atoms with Crippen molar-refractivity contribution in [2.45, 2.75) is 11.8 Å². The molecule has 188 valence electrons. The minimum Gasteiger partial charge on any atom is -0.423 e. The number of nitrogens with one attached hydrogen (secondary N) is 1. The van der Waals surface area contributed by atoms with Crippen LogP contribution in [0.15, 0.2) is 77.7 Å². The van der Waals surface area contributed by atoms with Gasteiger partial charge in [0.15, 0.2) is 0 Å². The van der Waals surface area contributed by atoms with E-state index < -0.39 is 21.1 Å². The Bertz CT molecular complexity index is 1360. The van der Waals surface area contributed by atoms with Gasteiger partial charge in [0.2, 0.25) is 15.9 Å². The molecule has 3 aromatic carbocycles. The molecule has 0 heterocycles. The summed E-state index contributed by atoms with van der Waals surface area (Å²) in [5.41, 5.74) is 1.43. The number of esters is 1. The summed E-state index contributed by atoms with van der Waals surface area (Å²) in [6, 6.07) is 18.1. The molecule has 0 aliphatic carbocycles. The lowest BCUT2D eigenvalue weighted by Crippen LogP contribution is -2.26. The predicted molar refractivity (Wildman–Crippen MR) is 130 cm³/mol. The molecule has 0 fully saturated rings. The molecule has 3 rings (SSSR count). The van der Waals surface area contributed by atoms with Gasteiger partial charge in [0.1, 0.15) is 12.4 Å². The van der Waals surface area contributed by atoms with Gasteiger partial charge in [-0.3, -0.25) is 4.79 Å². The van der Waals surface area contributed by atoms with Crippen LogP contribution in [0.4, 0.5) is 17.1 Å². The van der Waals surface area contributed by atoms with Gasteiger partial charge in [-0.2, -0.15) is 0 Å². The highest BCUT2D eigenvalue weighted by Crippen LogP contribution is 2.30. The number of hydrogen-bond donors (Lipinski definition) is 2. The van der Waals surface area contributed by atoms with Crippen molar-refractivity contribution in [2.24, 2.45) is 5.14 Å². The van der Waals surface area contributed by atoms with E-state index in [0.717, 1.165) is 0 Å². The van der Waals surface area contributed by atoms with Gasteiger partial charge in [-0.15, -0.1) is 10.1 Å². The maximum absolute atomic E-state index is 13.0. The molecule has 0 spiro atoms. The molecular weight excluding hydrogens is 492 g/mol. The number of benzene rings is 3. The number of primary sulfonamides is 1. The zero-order valence-corrected chi connectivity index (χ0v) is 19.8. The molecule has 3 N–H and O–H groups in total. The summed E-state index contributed by atoms with van der Waals surface area (Å²) < 4.78 is 28.7. The number of para-hydroxylation sites is 1. The number of sulfonamides is 1. The van der Waals surface area contributed by atoms with E-state index in [0.29, 0.717) is 17.1 Å². The second kappa shape index (κ2) is 11.3. The highest BCUT2D eigenvalue weighted by molar-refractivity contribution is 7.89. The molecule has 1 amide bonds. The van der Waals surface area contributed by atoms with Crippen molar-refractivity contribution in [1.29, 1.82) is 0 Å². The van der Waals surface area contributed by atoms with Gasteiger partial charge < -0.3 is 19.8 Å². The number of ether oxygens (including phenoxy) is 1. The number of hydrogen-bond acceptors (Lipinski definition) is 9. The fourth-order valence-corrected chi connectivity index (χ4v) is 3.78. The van der Waals surface area contributed by atoms with Gasteiger partial charge in [0.25, 0.3) is 5.09 Å². The molecule has 0 saturated carbocycles. The van der Waals surface area contributed by atoms with Gasteiger partial charge in [-0.25, -0.2) is 18.4 Å². The molecule has 0 aliphatic rings. The first-order valence-corrected chi connectivity index (χ1v) is 12.0. The molecule has 0 atom stereocenters. The Morgan fingerprint density at radius 2 is 1.67 bits per heavy atom. The largest absolute Gasteiger partial charge is 0.423 e. The Hall–Kier alpha value is -4.49. The molecule has 0 unspecified atom stereocenters.